The topological polar surface area (TPSA) is 116 Å². The number of nitrogens with zero attached hydrogens (tertiary/aromatic N) is 3. The third-order valence-electron chi connectivity index (χ3n) is 4.89. The molecule has 3 aromatic carbocycles. The van der Waals surface area contributed by atoms with Crippen LogP contribution in [-0.2, 0) is 0 Å². The summed E-state index contributed by atoms with van der Waals surface area (Å²) >= 11 is 3.46. The van der Waals surface area contributed by atoms with Crippen LogP contribution in [0, 0.1) is 10.1 Å². The molecular formula is C25H19BrN4O5. The standard InChI is InChI=1S/C25H19BrN4O5/c1-2-34-22-13-16(14-28-29-23-11-10-18(15-27-23)30(32)33)12-21(26)24(22)35-25(31)20-9-5-7-17-6-3-4-8-19(17)20/h3-15H,2H2,1H3,(H,27,29)/b28-14-. The molecule has 0 aliphatic carbocycles. The fraction of sp³-hybridized carbons (Fsp3) is 0.0800. The minimum Gasteiger partial charge on any atom is -0.490 e. The molecule has 0 aliphatic rings. The number of pyridine rings is 1. The molecule has 0 aliphatic heterocycles. The van der Waals surface area contributed by atoms with Gasteiger partial charge in [-0.2, -0.15) is 5.10 Å². The van der Waals surface area contributed by atoms with Crippen molar-refractivity contribution in [3.8, 4) is 11.5 Å². The summed E-state index contributed by atoms with van der Waals surface area (Å²) in [4.78, 5) is 27.2. The van der Waals surface area contributed by atoms with Gasteiger partial charge in [0, 0.05) is 6.07 Å². The predicted octanol–water partition coefficient (Wildman–Crippen LogP) is 5.97. The summed E-state index contributed by atoms with van der Waals surface area (Å²) < 4.78 is 12.0. The number of hydrogen-bond donors (Lipinski definition) is 1. The highest BCUT2D eigenvalue weighted by Crippen LogP contribution is 2.37. The van der Waals surface area contributed by atoms with E-state index in [-0.39, 0.29) is 11.4 Å². The Morgan fingerprint density at radius 3 is 2.71 bits per heavy atom. The third kappa shape index (κ3) is 5.61. The summed E-state index contributed by atoms with van der Waals surface area (Å²) in [5.41, 5.74) is 3.70. The van der Waals surface area contributed by atoms with Crippen molar-refractivity contribution in [2.45, 2.75) is 6.92 Å². The zero-order chi connectivity index (χ0) is 24.8. The lowest BCUT2D eigenvalue weighted by Crippen LogP contribution is -2.11. The summed E-state index contributed by atoms with van der Waals surface area (Å²) in [6, 6.07) is 19.2. The SMILES string of the molecule is CCOc1cc(/C=N\Nc2ccc([N+](=O)[O-])cn2)cc(Br)c1OC(=O)c1cccc2ccccc12. The average molecular weight is 535 g/mol. The molecule has 0 saturated carbocycles. The number of aromatic nitrogens is 1. The molecule has 0 spiro atoms. The molecule has 0 bridgehead atoms. The molecule has 0 unspecified atom stereocenters. The number of rotatable bonds is 8. The minimum atomic E-state index is -0.526. The molecule has 9 nitrogen and oxygen atoms in total. The molecular weight excluding hydrogens is 516 g/mol. The highest BCUT2D eigenvalue weighted by atomic mass is 79.9. The molecule has 0 atom stereocenters. The van der Waals surface area contributed by atoms with Gasteiger partial charge in [-0.3, -0.25) is 15.5 Å². The number of hydrazone groups is 1. The van der Waals surface area contributed by atoms with Gasteiger partial charge in [0.2, 0.25) is 0 Å². The van der Waals surface area contributed by atoms with E-state index in [2.05, 4.69) is 31.4 Å². The summed E-state index contributed by atoms with van der Waals surface area (Å²) in [6.07, 6.45) is 2.66. The van der Waals surface area contributed by atoms with Crippen LogP contribution >= 0.6 is 15.9 Å². The first-order chi connectivity index (χ1) is 17.0. The van der Waals surface area contributed by atoms with Gasteiger partial charge in [-0.25, -0.2) is 9.78 Å². The van der Waals surface area contributed by atoms with Gasteiger partial charge in [0.15, 0.2) is 11.5 Å². The average Bonchev–Trinajstić information content (AvgIpc) is 2.86. The fourth-order valence-electron chi connectivity index (χ4n) is 3.31. The van der Waals surface area contributed by atoms with E-state index in [0.29, 0.717) is 33.8 Å². The van der Waals surface area contributed by atoms with E-state index in [4.69, 9.17) is 9.47 Å². The quantitative estimate of drug-likeness (QED) is 0.0972. The molecule has 35 heavy (non-hydrogen) atoms. The zero-order valence-corrected chi connectivity index (χ0v) is 20.1. The zero-order valence-electron chi connectivity index (χ0n) is 18.5. The van der Waals surface area contributed by atoms with Crippen LogP contribution in [0.2, 0.25) is 0 Å². The Bertz CT molecular complexity index is 1420. The lowest BCUT2D eigenvalue weighted by molar-refractivity contribution is -0.385. The number of hydrogen-bond acceptors (Lipinski definition) is 8. The number of fused-ring (bicyclic) bond motifs is 1. The van der Waals surface area contributed by atoms with Gasteiger partial charge in [-0.05, 0) is 63.5 Å². The van der Waals surface area contributed by atoms with Gasteiger partial charge >= 0.3 is 5.97 Å². The van der Waals surface area contributed by atoms with Gasteiger partial charge in [-0.1, -0.05) is 36.4 Å². The van der Waals surface area contributed by atoms with E-state index in [9.17, 15) is 14.9 Å². The van der Waals surface area contributed by atoms with E-state index in [1.54, 1.807) is 18.2 Å². The highest BCUT2D eigenvalue weighted by Gasteiger charge is 2.18. The maximum absolute atomic E-state index is 13.0. The lowest BCUT2D eigenvalue weighted by Gasteiger charge is -2.14. The van der Waals surface area contributed by atoms with E-state index in [0.717, 1.165) is 17.0 Å². The second kappa shape index (κ2) is 10.7. The van der Waals surface area contributed by atoms with Crippen LogP contribution in [-0.4, -0.2) is 28.7 Å². The first kappa shape index (κ1) is 23.8. The summed E-state index contributed by atoms with van der Waals surface area (Å²) in [5.74, 6) is 0.463. The largest absolute Gasteiger partial charge is 0.490 e. The van der Waals surface area contributed by atoms with Gasteiger partial charge in [0.05, 0.1) is 27.8 Å². The Hall–Kier alpha value is -4.31. The molecule has 1 heterocycles. The Balaban J connectivity index is 1.55. The number of carbonyl (C=O) groups excluding carboxylic acids is 1. The van der Waals surface area contributed by atoms with Crippen molar-refractivity contribution in [1.29, 1.82) is 0 Å². The number of nitrogens with one attached hydrogen (secondary N) is 1. The smallest absolute Gasteiger partial charge is 0.344 e. The second-order valence-corrected chi connectivity index (χ2v) is 8.06. The number of benzene rings is 3. The Morgan fingerprint density at radius 1 is 1.17 bits per heavy atom. The van der Waals surface area contributed by atoms with E-state index in [1.807, 2.05) is 43.3 Å². The summed E-state index contributed by atoms with van der Waals surface area (Å²) in [5, 5.41) is 16.6. The summed E-state index contributed by atoms with van der Waals surface area (Å²) in [7, 11) is 0. The molecule has 4 rings (SSSR count). The first-order valence-electron chi connectivity index (χ1n) is 10.5. The Morgan fingerprint density at radius 2 is 1.97 bits per heavy atom. The lowest BCUT2D eigenvalue weighted by atomic mass is 10.0. The molecule has 0 saturated heterocycles. The van der Waals surface area contributed by atoms with Gasteiger partial charge in [0.1, 0.15) is 12.0 Å². The van der Waals surface area contributed by atoms with Crippen molar-refractivity contribution < 1.29 is 19.2 Å². The molecule has 10 heteroatoms. The second-order valence-electron chi connectivity index (χ2n) is 7.21. The molecule has 0 amide bonds. The number of halogens is 1. The van der Waals surface area contributed by atoms with Gasteiger partial charge in [-0.15, -0.1) is 0 Å². The maximum atomic E-state index is 13.0. The van der Waals surface area contributed by atoms with Crippen LogP contribution in [0.5, 0.6) is 11.5 Å². The van der Waals surface area contributed by atoms with Gasteiger partial charge in [0.25, 0.3) is 5.69 Å². The van der Waals surface area contributed by atoms with E-state index in [1.165, 1.54) is 18.3 Å². The van der Waals surface area contributed by atoms with Crippen LogP contribution in [0.4, 0.5) is 11.5 Å². The fourth-order valence-corrected chi connectivity index (χ4v) is 3.85. The molecule has 1 aromatic heterocycles. The first-order valence-corrected chi connectivity index (χ1v) is 11.3. The molecule has 0 fully saturated rings. The van der Waals surface area contributed by atoms with Crippen molar-refractivity contribution in [2.75, 3.05) is 12.0 Å². The van der Waals surface area contributed by atoms with Crippen molar-refractivity contribution >= 4 is 50.4 Å². The monoisotopic (exact) mass is 534 g/mol. The summed E-state index contributed by atoms with van der Waals surface area (Å²) in [6.45, 7) is 2.18. The van der Waals surface area contributed by atoms with Crippen LogP contribution in [0.3, 0.4) is 0 Å². The van der Waals surface area contributed by atoms with Crippen LogP contribution in [0.25, 0.3) is 10.8 Å². The van der Waals surface area contributed by atoms with Crippen LogP contribution in [0.15, 0.2) is 82.5 Å². The molecule has 1 N–H and O–H groups in total. The number of nitro groups is 1. The molecule has 4 aromatic rings. The van der Waals surface area contributed by atoms with Crippen molar-refractivity contribution in [2.24, 2.45) is 5.10 Å². The van der Waals surface area contributed by atoms with Crippen LogP contribution < -0.4 is 14.9 Å². The maximum Gasteiger partial charge on any atom is 0.344 e. The van der Waals surface area contributed by atoms with E-state index >= 15 is 0 Å². The Kier molecular flexibility index (Phi) is 7.32. The third-order valence-corrected chi connectivity index (χ3v) is 5.48. The van der Waals surface area contributed by atoms with E-state index < -0.39 is 10.9 Å². The minimum absolute atomic E-state index is 0.113. The van der Waals surface area contributed by atoms with Crippen LogP contribution in [0.1, 0.15) is 22.8 Å². The molecule has 176 valence electrons. The number of carbonyl (C=O) groups is 1. The molecule has 0 radical (unpaired) electrons. The Labute approximate surface area is 208 Å². The predicted molar refractivity (Wildman–Crippen MR) is 136 cm³/mol. The number of ether oxygens (including phenoxy) is 2. The highest BCUT2D eigenvalue weighted by molar-refractivity contribution is 9.10. The normalized spacial score (nSPS) is 10.9. The van der Waals surface area contributed by atoms with Crippen molar-refractivity contribution in [3.63, 3.8) is 0 Å². The van der Waals surface area contributed by atoms with Gasteiger partial charge < -0.3 is 9.47 Å². The van der Waals surface area contributed by atoms with Crippen molar-refractivity contribution in [3.05, 3.63) is 98.6 Å². The number of anilines is 1. The van der Waals surface area contributed by atoms with Crippen molar-refractivity contribution in [1.82, 2.24) is 4.98 Å². The number of esters is 1.